The average Bonchev–Trinajstić information content (AvgIpc) is 3.74. The summed E-state index contributed by atoms with van der Waals surface area (Å²) in [5.74, 6) is -1.26. The van der Waals surface area contributed by atoms with Crippen LogP contribution in [0.3, 0.4) is 0 Å². The van der Waals surface area contributed by atoms with Crippen molar-refractivity contribution in [1.82, 2.24) is 0 Å². The van der Waals surface area contributed by atoms with Crippen molar-refractivity contribution >= 4 is 39.5 Å². The molecule has 90 heavy (non-hydrogen) atoms. The number of phosphoric ester groups is 2. The fourth-order valence-corrected chi connectivity index (χ4v) is 12.4. The van der Waals surface area contributed by atoms with Gasteiger partial charge in [-0.3, -0.25) is 37.3 Å². The molecule has 0 aliphatic carbocycles. The standard InChI is InChI=1S/C71H138O17P2/c1-6-10-13-16-18-20-22-29-33-37-40-45-50-55-69(74)82-61-67(88-71(76)57-52-47-42-38-34-31-28-26-24-23-25-27-30-32-35-39-44-48-53-64(5)9-4)63-86-90(79,80)84-59-65(72)58-83-89(77,78)85-62-66(60-81-68(73)54-49-43-15-12-8-3)87-70(75)56-51-46-41-36-21-19-17-14-11-7-2/h64-67,72H,6-63H2,1-5H3,(H,77,78)(H,79,80)/t64?,65-,66+,67+/m0/s1. The van der Waals surface area contributed by atoms with Crippen molar-refractivity contribution in [3.63, 3.8) is 0 Å². The van der Waals surface area contributed by atoms with E-state index in [1.165, 1.54) is 186 Å². The lowest BCUT2D eigenvalue weighted by Crippen LogP contribution is -2.30. The second-order valence-corrected chi connectivity index (χ2v) is 28.8. The first kappa shape index (κ1) is 88.1. The van der Waals surface area contributed by atoms with Crippen LogP contribution in [-0.4, -0.2) is 96.7 Å². The molecule has 6 atom stereocenters. The number of rotatable bonds is 71. The van der Waals surface area contributed by atoms with Crippen molar-refractivity contribution in [3.8, 4) is 0 Å². The third kappa shape index (κ3) is 63.5. The van der Waals surface area contributed by atoms with E-state index in [4.69, 9.17) is 37.0 Å². The first-order chi connectivity index (χ1) is 43.6. The normalized spacial score (nSPS) is 14.4. The van der Waals surface area contributed by atoms with Crippen LogP contribution in [0.1, 0.15) is 369 Å². The van der Waals surface area contributed by atoms with Crippen LogP contribution in [0.25, 0.3) is 0 Å². The van der Waals surface area contributed by atoms with E-state index in [1.54, 1.807) is 0 Å². The molecule has 0 spiro atoms. The van der Waals surface area contributed by atoms with Crippen molar-refractivity contribution in [2.75, 3.05) is 39.6 Å². The molecule has 0 amide bonds. The Labute approximate surface area is 549 Å². The largest absolute Gasteiger partial charge is 0.472 e. The number of aliphatic hydroxyl groups excluding tert-OH is 1. The predicted octanol–water partition coefficient (Wildman–Crippen LogP) is 20.5. The molecule has 534 valence electrons. The lowest BCUT2D eigenvalue weighted by molar-refractivity contribution is -0.161. The zero-order valence-corrected chi connectivity index (χ0v) is 60.1. The van der Waals surface area contributed by atoms with E-state index in [9.17, 15) is 43.2 Å². The minimum Gasteiger partial charge on any atom is -0.462 e. The summed E-state index contributed by atoms with van der Waals surface area (Å²) >= 11 is 0. The topological polar surface area (TPSA) is 237 Å². The molecule has 0 aromatic carbocycles. The summed E-state index contributed by atoms with van der Waals surface area (Å²) in [4.78, 5) is 72.2. The second kappa shape index (κ2) is 64.4. The third-order valence-corrected chi connectivity index (χ3v) is 18.8. The SMILES string of the molecule is CCCCCCCCCCCCCCCC(=O)OC[C@H](COP(=O)(O)OC[C@@H](O)COP(=O)(O)OC[C@@H](COC(=O)CCCCCCC)OC(=O)CCCCCCCCCCCC)OC(=O)CCCCCCCCCCCCCCCCCCCCC(C)CC. The fourth-order valence-electron chi connectivity index (χ4n) is 10.8. The Morgan fingerprint density at radius 3 is 0.789 bits per heavy atom. The van der Waals surface area contributed by atoms with Crippen molar-refractivity contribution in [3.05, 3.63) is 0 Å². The predicted molar refractivity (Wildman–Crippen MR) is 363 cm³/mol. The summed E-state index contributed by atoms with van der Waals surface area (Å²) in [6.45, 7) is 7.22. The van der Waals surface area contributed by atoms with Gasteiger partial charge < -0.3 is 33.8 Å². The minimum atomic E-state index is -4.95. The van der Waals surface area contributed by atoms with Crippen LogP contribution in [0.2, 0.25) is 0 Å². The van der Waals surface area contributed by atoms with Gasteiger partial charge in [-0.25, -0.2) is 9.13 Å². The molecule has 0 rings (SSSR count). The summed E-state index contributed by atoms with van der Waals surface area (Å²) in [5.41, 5.74) is 0. The molecule has 19 heteroatoms. The Kier molecular flexibility index (Phi) is 63.0. The van der Waals surface area contributed by atoms with E-state index < -0.39 is 97.5 Å². The molecule has 0 aromatic heterocycles. The molecule has 0 radical (unpaired) electrons. The van der Waals surface area contributed by atoms with Gasteiger partial charge >= 0.3 is 39.5 Å². The van der Waals surface area contributed by atoms with Gasteiger partial charge in [-0.05, 0) is 31.6 Å². The highest BCUT2D eigenvalue weighted by molar-refractivity contribution is 7.47. The Balaban J connectivity index is 5.09. The number of carbonyl (C=O) groups excluding carboxylic acids is 4. The van der Waals surface area contributed by atoms with Crippen LogP contribution in [0, 0.1) is 5.92 Å². The van der Waals surface area contributed by atoms with Gasteiger partial charge in [-0.2, -0.15) is 0 Å². The molecule has 17 nitrogen and oxygen atoms in total. The van der Waals surface area contributed by atoms with Gasteiger partial charge in [0.15, 0.2) is 12.2 Å². The summed E-state index contributed by atoms with van der Waals surface area (Å²) in [5, 5.41) is 10.5. The highest BCUT2D eigenvalue weighted by atomic mass is 31.2. The number of esters is 4. The first-order valence-electron chi connectivity index (χ1n) is 37.2. The Morgan fingerprint density at radius 2 is 0.533 bits per heavy atom. The molecular weight excluding hydrogens is 1190 g/mol. The maximum Gasteiger partial charge on any atom is 0.472 e. The molecule has 0 aliphatic rings. The molecular formula is C71H138O17P2. The Hall–Kier alpha value is -1.94. The van der Waals surface area contributed by atoms with E-state index >= 15 is 0 Å². The molecule has 0 aliphatic heterocycles. The van der Waals surface area contributed by atoms with Gasteiger partial charge in [0.25, 0.3) is 0 Å². The Bertz CT molecular complexity index is 1740. The smallest absolute Gasteiger partial charge is 0.462 e. The highest BCUT2D eigenvalue weighted by Crippen LogP contribution is 2.45. The average molecular weight is 1330 g/mol. The fraction of sp³-hybridized carbons (Fsp3) is 0.944. The number of ether oxygens (including phenoxy) is 4. The van der Waals surface area contributed by atoms with E-state index in [0.717, 1.165) is 102 Å². The number of hydrogen-bond acceptors (Lipinski definition) is 15. The van der Waals surface area contributed by atoms with Crippen molar-refractivity contribution < 1.29 is 80.2 Å². The lowest BCUT2D eigenvalue weighted by atomic mass is 9.99. The van der Waals surface area contributed by atoms with Crippen LogP contribution >= 0.6 is 15.6 Å². The maximum absolute atomic E-state index is 13.0. The Morgan fingerprint density at radius 1 is 0.311 bits per heavy atom. The highest BCUT2D eigenvalue weighted by Gasteiger charge is 2.30. The van der Waals surface area contributed by atoms with Gasteiger partial charge in [0.05, 0.1) is 26.4 Å². The second-order valence-electron chi connectivity index (χ2n) is 25.9. The molecule has 0 aromatic rings. The molecule has 0 heterocycles. The van der Waals surface area contributed by atoms with Gasteiger partial charge in [-0.1, -0.05) is 317 Å². The molecule has 3 unspecified atom stereocenters. The maximum atomic E-state index is 13.0. The number of hydrogen-bond donors (Lipinski definition) is 3. The molecule has 0 saturated carbocycles. The van der Waals surface area contributed by atoms with Gasteiger partial charge in [0.1, 0.15) is 19.3 Å². The first-order valence-corrected chi connectivity index (χ1v) is 40.2. The number of unbranched alkanes of at least 4 members (excludes halogenated alkanes) is 42. The minimum absolute atomic E-state index is 0.106. The van der Waals surface area contributed by atoms with Crippen LogP contribution in [-0.2, 0) is 65.4 Å². The van der Waals surface area contributed by atoms with Crippen LogP contribution in [0.15, 0.2) is 0 Å². The zero-order chi connectivity index (χ0) is 66.3. The molecule has 0 saturated heterocycles. The quantitative estimate of drug-likeness (QED) is 0.0222. The van der Waals surface area contributed by atoms with Crippen molar-refractivity contribution in [2.24, 2.45) is 5.92 Å². The van der Waals surface area contributed by atoms with E-state index in [1.807, 2.05) is 0 Å². The molecule has 0 fully saturated rings. The van der Waals surface area contributed by atoms with E-state index in [-0.39, 0.29) is 25.7 Å². The summed E-state index contributed by atoms with van der Waals surface area (Å²) < 4.78 is 68.0. The van der Waals surface area contributed by atoms with Crippen molar-refractivity contribution in [2.45, 2.75) is 387 Å². The lowest BCUT2D eigenvalue weighted by Gasteiger charge is -2.21. The van der Waals surface area contributed by atoms with Crippen molar-refractivity contribution in [1.29, 1.82) is 0 Å². The molecule has 3 N–H and O–H groups in total. The number of aliphatic hydroxyl groups is 1. The van der Waals surface area contributed by atoms with Gasteiger partial charge in [-0.15, -0.1) is 0 Å². The molecule has 0 bridgehead atoms. The summed E-state index contributed by atoms with van der Waals surface area (Å²) in [6.07, 6.45) is 51.7. The number of phosphoric acid groups is 2. The van der Waals surface area contributed by atoms with Crippen LogP contribution in [0.4, 0.5) is 0 Å². The third-order valence-electron chi connectivity index (χ3n) is 16.9. The zero-order valence-electron chi connectivity index (χ0n) is 58.3. The van der Waals surface area contributed by atoms with E-state index in [2.05, 4.69) is 34.6 Å². The van der Waals surface area contributed by atoms with Crippen LogP contribution in [0.5, 0.6) is 0 Å². The van der Waals surface area contributed by atoms with Gasteiger partial charge in [0, 0.05) is 25.7 Å². The van der Waals surface area contributed by atoms with Gasteiger partial charge in [0.2, 0.25) is 0 Å². The monoisotopic (exact) mass is 1320 g/mol. The summed E-state index contributed by atoms with van der Waals surface area (Å²) in [7, 11) is -9.89. The summed E-state index contributed by atoms with van der Waals surface area (Å²) in [6, 6.07) is 0. The van der Waals surface area contributed by atoms with Crippen LogP contribution < -0.4 is 0 Å². The number of carbonyl (C=O) groups is 4. The van der Waals surface area contributed by atoms with E-state index in [0.29, 0.717) is 25.7 Å².